The first-order valence-corrected chi connectivity index (χ1v) is 9.47. The molecular formula is C18H15BrN4O2S2. The van der Waals surface area contributed by atoms with Gasteiger partial charge in [0.25, 0.3) is 5.91 Å². The van der Waals surface area contributed by atoms with Crippen LogP contribution in [-0.4, -0.2) is 21.0 Å². The molecule has 4 N–H and O–H groups in total. The summed E-state index contributed by atoms with van der Waals surface area (Å²) in [6.45, 7) is 0.592. The number of primary amides is 1. The number of hydrogen-bond donors (Lipinski definition) is 3. The van der Waals surface area contributed by atoms with Gasteiger partial charge in [-0.3, -0.25) is 4.79 Å². The van der Waals surface area contributed by atoms with Crippen LogP contribution in [-0.2, 0) is 6.54 Å². The van der Waals surface area contributed by atoms with Crippen molar-refractivity contribution in [3.63, 3.8) is 0 Å². The zero-order valence-corrected chi connectivity index (χ0v) is 17.2. The number of thiazole rings is 2. The molecule has 27 heavy (non-hydrogen) atoms. The minimum atomic E-state index is -0.672. The molecular weight excluding hydrogens is 448 g/mol. The van der Waals surface area contributed by atoms with E-state index in [4.69, 9.17) is 5.73 Å². The van der Waals surface area contributed by atoms with Crippen LogP contribution in [0.3, 0.4) is 0 Å². The predicted molar refractivity (Wildman–Crippen MR) is 115 cm³/mol. The van der Waals surface area contributed by atoms with E-state index in [0.29, 0.717) is 12.2 Å². The Balaban J connectivity index is 0.00000210. The molecule has 0 atom stereocenters. The molecule has 0 unspecified atom stereocenters. The molecule has 4 rings (SSSR count). The molecule has 0 bridgehead atoms. The van der Waals surface area contributed by atoms with E-state index in [-0.39, 0.29) is 28.3 Å². The first kappa shape index (κ1) is 19.3. The Hall–Kier alpha value is -2.49. The number of aromatic hydroxyl groups is 1. The van der Waals surface area contributed by atoms with Crippen LogP contribution in [0.15, 0.2) is 47.8 Å². The molecule has 0 spiro atoms. The zero-order chi connectivity index (χ0) is 18.1. The monoisotopic (exact) mass is 462 g/mol. The Bertz CT molecular complexity index is 1080. The second-order valence-corrected chi connectivity index (χ2v) is 7.54. The fourth-order valence-corrected chi connectivity index (χ4v) is 4.15. The number of carbonyl (C=O) groups is 1. The molecule has 138 valence electrons. The van der Waals surface area contributed by atoms with Crippen molar-refractivity contribution in [1.29, 1.82) is 0 Å². The van der Waals surface area contributed by atoms with Gasteiger partial charge in [0.15, 0.2) is 5.13 Å². The Labute approximate surface area is 173 Å². The van der Waals surface area contributed by atoms with Crippen molar-refractivity contribution in [1.82, 2.24) is 9.97 Å². The van der Waals surface area contributed by atoms with Crippen molar-refractivity contribution in [2.24, 2.45) is 5.73 Å². The fourth-order valence-electron chi connectivity index (χ4n) is 2.53. The molecule has 2 heterocycles. The Kier molecular flexibility index (Phi) is 5.73. The normalized spacial score (nSPS) is 10.5. The summed E-state index contributed by atoms with van der Waals surface area (Å²) in [5.41, 5.74) is 7.79. The lowest BCUT2D eigenvalue weighted by Crippen LogP contribution is -2.11. The number of nitrogens with zero attached hydrogens (tertiary/aromatic N) is 2. The summed E-state index contributed by atoms with van der Waals surface area (Å²) in [6, 6.07) is 12.7. The maximum Gasteiger partial charge on any atom is 0.252 e. The number of carbonyl (C=O) groups excluding carboxylic acids is 1. The van der Waals surface area contributed by atoms with E-state index in [0.717, 1.165) is 25.9 Å². The first-order chi connectivity index (χ1) is 12.6. The van der Waals surface area contributed by atoms with Gasteiger partial charge < -0.3 is 16.2 Å². The molecule has 2 aromatic heterocycles. The number of nitrogens with two attached hydrogens (primary N) is 1. The second-order valence-electron chi connectivity index (χ2n) is 5.56. The van der Waals surface area contributed by atoms with E-state index in [9.17, 15) is 9.90 Å². The highest BCUT2D eigenvalue weighted by molar-refractivity contribution is 8.93. The smallest absolute Gasteiger partial charge is 0.252 e. The minimum Gasteiger partial charge on any atom is -0.507 e. The highest BCUT2D eigenvalue weighted by atomic mass is 79.9. The number of halogens is 1. The van der Waals surface area contributed by atoms with Crippen LogP contribution < -0.4 is 11.1 Å². The summed E-state index contributed by atoms with van der Waals surface area (Å²) in [7, 11) is 0. The molecule has 0 aliphatic rings. The fraction of sp³-hybridized carbons (Fsp3) is 0.0556. The lowest BCUT2D eigenvalue weighted by molar-refractivity contribution is 0.0998. The summed E-state index contributed by atoms with van der Waals surface area (Å²) in [4.78, 5) is 20.5. The number of rotatable bonds is 5. The van der Waals surface area contributed by atoms with E-state index in [1.165, 1.54) is 17.4 Å². The number of hydrogen-bond acceptors (Lipinski definition) is 7. The highest BCUT2D eigenvalue weighted by Crippen LogP contribution is 2.29. The molecule has 2 aromatic carbocycles. The maximum absolute atomic E-state index is 11.4. The Morgan fingerprint density at radius 2 is 2.00 bits per heavy atom. The average molecular weight is 463 g/mol. The van der Waals surface area contributed by atoms with Crippen molar-refractivity contribution >= 4 is 60.9 Å². The van der Waals surface area contributed by atoms with Gasteiger partial charge in [0.05, 0.1) is 28.0 Å². The van der Waals surface area contributed by atoms with Crippen molar-refractivity contribution in [3.05, 3.63) is 58.4 Å². The van der Waals surface area contributed by atoms with Crippen molar-refractivity contribution in [3.8, 4) is 17.0 Å². The van der Waals surface area contributed by atoms with E-state index in [2.05, 4.69) is 21.4 Å². The molecule has 0 saturated heterocycles. The average Bonchev–Trinajstić information content (AvgIpc) is 3.26. The Morgan fingerprint density at radius 3 is 2.78 bits per heavy atom. The van der Waals surface area contributed by atoms with Crippen LogP contribution in [0, 0.1) is 0 Å². The van der Waals surface area contributed by atoms with Gasteiger partial charge >= 0.3 is 0 Å². The summed E-state index contributed by atoms with van der Waals surface area (Å²) in [6.07, 6.45) is 0. The molecule has 1 amide bonds. The van der Waals surface area contributed by atoms with Gasteiger partial charge in [0.1, 0.15) is 10.8 Å². The Morgan fingerprint density at radius 1 is 1.19 bits per heavy atom. The van der Waals surface area contributed by atoms with Gasteiger partial charge in [-0.1, -0.05) is 12.1 Å². The first-order valence-electron chi connectivity index (χ1n) is 7.77. The number of fused-ring (bicyclic) bond motifs is 1. The molecule has 9 heteroatoms. The topological polar surface area (TPSA) is 101 Å². The van der Waals surface area contributed by atoms with Crippen molar-refractivity contribution in [2.45, 2.75) is 6.54 Å². The molecule has 0 aliphatic heterocycles. The van der Waals surface area contributed by atoms with E-state index >= 15 is 0 Å². The third-order valence-corrected chi connectivity index (χ3v) is 5.63. The summed E-state index contributed by atoms with van der Waals surface area (Å²) >= 11 is 3.12. The van der Waals surface area contributed by atoms with E-state index in [1.807, 2.05) is 23.6 Å². The number of benzene rings is 2. The van der Waals surface area contributed by atoms with Gasteiger partial charge in [-0.15, -0.1) is 39.7 Å². The summed E-state index contributed by atoms with van der Waals surface area (Å²) in [5.74, 6) is -0.806. The number of amides is 1. The van der Waals surface area contributed by atoms with Crippen LogP contribution in [0.2, 0.25) is 0 Å². The molecule has 0 aliphatic carbocycles. The van der Waals surface area contributed by atoms with Crippen molar-refractivity contribution in [2.75, 3.05) is 5.32 Å². The van der Waals surface area contributed by atoms with Gasteiger partial charge in [-0.05, 0) is 30.3 Å². The summed E-state index contributed by atoms with van der Waals surface area (Å²) < 4.78 is 1.16. The number of nitrogens with one attached hydrogen (secondary N) is 1. The minimum absolute atomic E-state index is 0. The predicted octanol–water partition coefficient (Wildman–Crippen LogP) is 4.41. The SMILES string of the molecule is Br.NC(=O)c1cc(-c2csc(NCc3nc4ccccc4s3)n2)ccc1O. The third kappa shape index (κ3) is 4.10. The van der Waals surface area contributed by atoms with Gasteiger partial charge in [-0.2, -0.15) is 0 Å². The van der Waals surface area contributed by atoms with Crippen LogP contribution in [0.5, 0.6) is 5.75 Å². The lowest BCUT2D eigenvalue weighted by Gasteiger charge is -2.03. The van der Waals surface area contributed by atoms with E-state index < -0.39 is 5.91 Å². The highest BCUT2D eigenvalue weighted by Gasteiger charge is 2.12. The lowest BCUT2D eigenvalue weighted by atomic mass is 10.1. The van der Waals surface area contributed by atoms with Gasteiger partial charge in [-0.25, -0.2) is 9.97 Å². The largest absolute Gasteiger partial charge is 0.507 e. The molecule has 6 nitrogen and oxygen atoms in total. The zero-order valence-electron chi connectivity index (χ0n) is 13.9. The van der Waals surface area contributed by atoms with Crippen LogP contribution >= 0.6 is 39.7 Å². The quantitative estimate of drug-likeness (QED) is 0.407. The second kappa shape index (κ2) is 8.03. The van der Waals surface area contributed by atoms with Gasteiger partial charge in [0, 0.05) is 10.9 Å². The number of aromatic nitrogens is 2. The molecule has 0 fully saturated rings. The number of anilines is 1. The molecule has 0 radical (unpaired) electrons. The van der Waals surface area contributed by atoms with Crippen LogP contribution in [0.25, 0.3) is 21.5 Å². The maximum atomic E-state index is 11.4. The summed E-state index contributed by atoms with van der Waals surface area (Å²) in [5, 5.41) is 16.6. The van der Waals surface area contributed by atoms with Gasteiger partial charge in [0.2, 0.25) is 0 Å². The van der Waals surface area contributed by atoms with Crippen LogP contribution in [0.4, 0.5) is 5.13 Å². The van der Waals surface area contributed by atoms with Crippen molar-refractivity contribution < 1.29 is 9.90 Å². The molecule has 0 saturated carbocycles. The van der Waals surface area contributed by atoms with E-state index in [1.54, 1.807) is 23.5 Å². The third-order valence-electron chi connectivity index (χ3n) is 3.79. The van der Waals surface area contributed by atoms with Crippen LogP contribution in [0.1, 0.15) is 15.4 Å². The molecule has 4 aromatic rings. The number of para-hydroxylation sites is 1. The standard InChI is InChI=1S/C18H14N4O2S2.BrH/c19-17(24)11-7-10(5-6-14(11)23)13-9-25-18(22-13)20-8-16-21-12-3-1-2-4-15(12)26-16;/h1-7,9,23H,8H2,(H2,19,24)(H,20,22);1H. The number of phenols is 1.